The molecule has 40 heavy (non-hydrogen) atoms. The maximum absolute atomic E-state index is 12.0. The van der Waals surface area contributed by atoms with Gasteiger partial charge in [0.25, 0.3) is 0 Å². The van der Waals surface area contributed by atoms with Crippen LogP contribution in [0.4, 0.5) is 0 Å². The van der Waals surface area contributed by atoms with Gasteiger partial charge in [0.1, 0.15) is 0 Å². The summed E-state index contributed by atoms with van der Waals surface area (Å²) in [5.74, 6) is 1.64. The van der Waals surface area contributed by atoms with Crippen molar-refractivity contribution in [2.45, 2.75) is 157 Å². The fourth-order valence-electron chi connectivity index (χ4n) is 11.6. The minimum Gasteiger partial charge on any atom is -0.393 e. The molecule has 0 spiro atoms. The zero-order chi connectivity index (χ0) is 29.3. The molecule has 4 aliphatic carbocycles. The lowest BCUT2D eigenvalue weighted by Gasteiger charge is -2.71. The number of aliphatic hydroxyl groups is 2. The average Bonchev–Trinajstić information content (AvgIpc) is 3.19. The van der Waals surface area contributed by atoms with E-state index in [1.54, 1.807) is 0 Å². The van der Waals surface area contributed by atoms with E-state index in [4.69, 9.17) is 9.47 Å². The summed E-state index contributed by atoms with van der Waals surface area (Å²) >= 11 is 0. The van der Waals surface area contributed by atoms with Gasteiger partial charge in [-0.1, -0.05) is 64.3 Å². The van der Waals surface area contributed by atoms with E-state index in [0.717, 1.165) is 19.3 Å². The molecule has 1 heterocycles. The number of fused-ring (bicyclic) bond motifs is 5. The first-order valence-corrected chi connectivity index (χ1v) is 16.6. The summed E-state index contributed by atoms with van der Waals surface area (Å²) in [6.07, 6.45) is 14.1. The van der Waals surface area contributed by atoms with Crippen LogP contribution in [0.25, 0.3) is 0 Å². The van der Waals surface area contributed by atoms with Gasteiger partial charge in [-0.3, -0.25) is 0 Å². The summed E-state index contributed by atoms with van der Waals surface area (Å²) in [7, 11) is 0. The minimum atomic E-state index is -0.352. The van der Waals surface area contributed by atoms with Gasteiger partial charge >= 0.3 is 0 Å². The Morgan fingerprint density at radius 3 is 2.33 bits per heavy atom. The highest BCUT2D eigenvalue weighted by molar-refractivity contribution is 5.23. The smallest absolute Gasteiger partial charge is 0.160 e. The van der Waals surface area contributed by atoms with Gasteiger partial charge in [0.15, 0.2) is 6.29 Å². The van der Waals surface area contributed by atoms with Crippen LogP contribution in [0.15, 0.2) is 23.3 Å². The van der Waals surface area contributed by atoms with Gasteiger partial charge in [0, 0.05) is 6.42 Å². The lowest BCUT2D eigenvalue weighted by atomic mass is 9.34. The molecule has 0 amide bonds. The van der Waals surface area contributed by atoms with Crippen molar-refractivity contribution in [1.29, 1.82) is 0 Å². The Balaban J connectivity index is 1.52. The van der Waals surface area contributed by atoms with Gasteiger partial charge in [0.05, 0.1) is 24.4 Å². The van der Waals surface area contributed by atoms with E-state index in [2.05, 4.69) is 74.5 Å². The van der Waals surface area contributed by atoms with E-state index in [-0.39, 0.29) is 52.4 Å². The normalized spacial score (nSPS) is 50.5. The summed E-state index contributed by atoms with van der Waals surface area (Å²) in [4.78, 5) is 0. The topological polar surface area (TPSA) is 58.9 Å². The standard InChI is InChI=1S/C36H60O4/c1-22(2)12-10-13-23(3)26-14-17-35(8)31(26)27(38)20-29-34(7)16-11-15-33(5,6)32(34)28(21-36(29,35)9)40-30-19-25(37)18-24(4)39-30/h12-13,24-32,37-38H,10-11,14-21H2,1-9H3/b23-13-/t24-,25+,26-,27-,28+,29-,30+,31+,32+,34-,35-,36-/m1/s1. The molecule has 4 heteroatoms. The van der Waals surface area contributed by atoms with Crippen LogP contribution in [-0.2, 0) is 9.47 Å². The number of aliphatic hydroxyl groups excluding tert-OH is 2. The Labute approximate surface area is 245 Å². The van der Waals surface area contributed by atoms with E-state index in [1.165, 1.54) is 43.3 Å². The highest BCUT2D eigenvalue weighted by Gasteiger charge is 2.71. The van der Waals surface area contributed by atoms with E-state index >= 15 is 0 Å². The Morgan fingerprint density at radius 2 is 1.65 bits per heavy atom. The van der Waals surface area contributed by atoms with Crippen LogP contribution in [0, 0.1) is 45.3 Å². The molecule has 0 radical (unpaired) electrons. The molecule has 4 saturated carbocycles. The summed E-state index contributed by atoms with van der Waals surface area (Å²) in [5.41, 5.74) is 3.25. The van der Waals surface area contributed by atoms with Crippen molar-refractivity contribution in [3.05, 3.63) is 23.3 Å². The van der Waals surface area contributed by atoms with Gasteiger partial charge in [-0.2, -0.15) is 0 Å². The number of hydrogen-bond donors (Lipinski definition) is 2. The van der Waals surface area contributed by atoms with Crippen LogP contribution in [0.2, 0.25) is 0 Å². The number of rotatable bonds is 5. The third kappa shape index (κ3) is 4.99. The van der Waals surface area contributed by atoms with E-state index in [9.17, 15) is 10.2 Å². The molecule has 5 aliphatic rings. The SMILES string of the molecule is CC(C)=CC/C=C(/C)[C@H]1CC[C@]2(C)[C@@H]1[C@H](O)C[C@@H]1[C@@]3(C)CCCC(C)(C)[C@@H]3[C@@H](O[C@H]3C[C@@H](O)C[C@@H](C)O3)C[C@]12C. The van der Waals surface area contributed by atoms with Crippen molar-refractivity contribution in [3.8, 4) is 0 Å². The Hall–Kier alpha value is -0.680. The third-order valence-corrected chi connectivity index (χ3v) is 13.3. The molecule has 0 bridgehead atoms. The van der Waals surface area contributed by atoms with Crippen LogP contribution >= 0.6 is 0 Å². The van der Waals surface area contributed by atoms with Crippen LogP contribution in [0.5, 0.6) is 0 Å². The maximum Gasteiger partial charge on any atom is 0.160 e. The monoisotopic (exact) mass is 556 g/mol. The molecule has 12 atom stereocenters. The molecule has 2 N–H and O–H groups in total. The van der Waals surface area contributed by atoms with Crippen LogP contribution in [0.3, 0.4) is 0 Å². The summed E-state index contributed by atoms with van der Waals surface area (Å²) < 4.78 is 13.4. The fraction of sp³-hybridized carbons (Fsp3) is 0.889. The maximum atomic E-state index is 12.0. The molecule has 0 unspecified atom stereocenters. The first kappa shape index (κ1) is 30.8. The summed E-state index contributed by atoms with van der Waals surface area (Å²) in [6, 6.07) is 0. The predicted molar refractivity (Wildman–Crippen MR) is 163 cm³/mol. The van der Waals surface area contributed by atoms with Crippen molar-refractivity contribution in [1.82, 2.24) is 0 Å². The van der Waals surface area contributed by atoms with Crippen molar-refractivity contribution in [2.75, 3.05) is 0 Å². The average molecular weight is 557 g/mol. The zero-order valence-electron chi connectivity index (χ0n) is 27.1. The molecule has 1 saturated heterocycles. The molecule has 5 rings (SSSR count). The molecule has 0 aromatic carbocycles. The minimum absolute atomic E-state index is 0.0230. The second kappa shape index (κ2) is 10.8. The second-order valence-corrected chi connectivity index (χ2v) is 16.5. The van der Waals surface area contributed by atoms with Crippen molar-refractivity contribution in [3.63, 3.8) is 0 Å². The van der Waals surface area contributed by atoms with E-state index < -0.39 is 0 Å². The van der Waals surface area contributed by atoms with Gasteiger partial charge < -0.3 is 19.7 Å². The van der Waals surface area contributed by atoms with Crippen LogP contribution < -0.4 is 0 Å². The highest BCUT2D eigenvalue weighted by Crippen LogP contribution is 2.75. The Bertz CT molecular complexity index is 985. The number of ether oxygens (including phenoxy) is 2. The van der Waals surface area contributed by atoms with E-state index in [1.807, 2.05) is 0 Å². The summed E-state index contributed by atoms with van der Waals surface area (Å²) in [5, 5.41) is 22.6. The van der Waals surface area contributed by atoms with Gasteiger partial charge in [-0.05, 0) is 124 Å². The van der Waals surface area contributed by atoms with Crippen molar-refractivity contribution >= 4 is 0 Å². The number of allylic oxidation sites excluding steroid dienone is 4. The predicted octanol–water partition coefficient (Wildman–Crippen LogP) is 8.22. The molecule has 5 fully saturated rings. The third-order valence-electron chi connectivity index (χ3n) is 13.3. The van der Waals surface area contributed by atoms with Crippen LogP contribution in [0.1, 0.15) is 127 Å². The molecule has 228 valence electrons. The van der Waals surface area contributed by atoms with Crippen LogP contribution in [-0.4, -0.2) is 40.9 Å². The molecular weight excluding hydrogens is 496 g/mol. The molecule has 0 aromatic heterocycles. The highest BCUT2D eigenvalue weighted by atomic mass is 16.7. The number of hydrogen-bond acceptors (Lipinski definition) is 4. The fourth-order valence-corrected chi connectivity index (χ4v) is 11.6. The largest absolute Gasteiger partial charge is 0.393 e. The quantitative estimate of drug-likeness (QED) is 0.265. The molecule has 0 aromatic rings. The van der Waals surface area contributed by atoms with E-state index in [0.29, 0.717) is 36.5 Å². The lowest BCUT2D eigenvalue weighted by Crippen LogP contribution is -2.68. The van der Waals surface area contributed by atoms with Crippen molar-refractivity contribution in [2.24, 2.45) is 45.3 Å². The molecule has 1 aliphatic heterocycles. The first-order chi connectivity index (χ1) is 18.6. The first-order valence-electron chi connectivity index (χ1n) is 16.6. The van der Waals surface area contributed by atoms with Gasteiger partial charge in [0.2, 0.25) is 0 Å². The summed E-state index contributed by atoms with van der Waals surface area (Å²) in [6.45, 7) is 21.3. The second-order valence-electron chi connectivity index (χ2n) is 16.5. The van der Waals surface area contributed by atoms with Crippen molar-refractivity contribution < 1.29 is 19.7 Å². The Morgan fingerprint density at radius 1 is 0.925 bits per heavy atom. The molecular formula is C36H60O4. The van der Waals surface area contributed by atoms with Gasteiger partial charge in [-0.25, -0.2) is 0 Å². The lowest BCUT2D eigenvalue weighted by molar-refractivity contribution is -0.305. The zero-order valence-corrected chi connectivity index (χ0v) is 27.1. The van der Waals surface area contributed by atoms with Gasteiger partial charge in [-0.15, -0.1) is 0 Å². The molecule has 4 nitrogen and oxygen atoms in total. The Kier molecular flexibility index (Phi) is 8.30.